The standard InChI is InChI=1S/C17H23N3O2/c1-3-17-18-16(19-22-17)12-20(2)11-13-8-9-21-15-7-5-4-6-14(15)10-13/h4-7,13H,3,8-12H2,1-2H3/t13-/m0/s1. The van der Waals surface area contributed by atoms with E-state index in [9.17, 15) is 0 Å². The molecule has 0 aliphatic carbocycles. The van der Waals surface area contributed by atoms with Crippen molar-refractivity contribution in [2.75, 3.05) is 20.2 Å². The molecule has 0 unspecified atom stereocenters. The molecule has 1 aromatic heterocycles. The van der Waals surface area contributed by atoms with Crippen LogP contribution in [-0.4, -0.2) is 35.2 Å². The summed E-state index contributed by atoms with van der Waals surface area (Å²) < 4.78 is 11.0. The van der Waals surface area contributed by atoms with Gasteiger partial charge in [0.15, 0.2) is 5.82 Å². The van der Waals surface area contributed by atoms with Crippen molar-refractivity contribution in [2.45, 2.75) is 32.7 Å². The van der Waals surface area contributed by atoms with Crippen molar-refractivity contribution in [3.8, 4) is 5.75 Å². The van der Waals surface area contributed by atoms with E-state index in [1.54, 1.807) is 0 Å². The van der Waals surface area contributed by atoms with Gasteiger partial charge in [0, 0.05) is 13.0 Å². The Morgan fingerprint density at radius 2 is 2.18 bits per heavy atom. The van der Waals surface area contributed by atoms with Gasteiger partial charge in [0.1, 0.15) is 5.75 Å². The van der Waals surface area contributed by atoms with Crippen LogP contribution in [0.1, 0.15) is 30.6 Å². The van der Waals surface area contributed by atoms with Gasteiger partial charge in [-0.2, -0.15) is 4.98 Å². The fraction of sp³-hybridized carbons (Fsp3) is 0.529. The molecule has 0 fully saturated rings. The summed E-state index contributed by atoms with van der Waals surface area (Å²) in [7, 11) is 2.11. The van der Waals surface area contributed by atoms with Gasteiger partial charge in [0.05, 0.1) is 13.2 Å². The van der Waals surface area contributed by atoms with E-state index >= 15 is 0 Å². The number of hydrogen-bond donors (Lipinski definition) is 0. The third kappa shape index (κ3) is 3.65. The number of rotatable bonds is 5. The molecule has 2 heterocycles. The van der Waals surface area contributed by atoms with Gasteiger partial charge in [-0.15, -0.1) is 0 Å². The lowest BCUT2D eigenvalue weighted by molar-refractivity contribution is 0.229. The van der Waals surface area contributed by atoms with Gasteiger partial charge in [0.25, 0.3) is 0 Å². The van der Waals surface area contributed by atoms with E-state index < -0.39 is 0 Å². The molecule has 0 radical (unpaired) electrons. The minimum atomic E-state index is 0.589. The highest BCUT2D eigenvalue weighted by Crippen LogP contribution is 2.27. The number of benzene rings is 1. The molecule has 0 amide bonds. The Morgan fingerprint density at radius 3 is 3.00 bits per heavy atom. The Labute approximate surface area is 131 Å². The predicted molar refractivity (Wildman–Crippen MR) is 83.8 cm³/mol. The molecule has 0 saturated carbocycles. The number of ether oxygens (including phenoxy) is 1. The van der Waals surface area contributed by atoms with Crippen molar-refractivity contribution in [3.63, 3.8) is 0 Å². The Kier molecular flexibility index (Phi) is 4.73. The molecular weight excluding hydrogens is 278 g/mol. The second-order valence-electron chi connectivity index (χ2n) is 5.97. The van der Waals surface area contributed by atoms with E-state index in [1.807, 2.05) is 13.0 Å². The van der Waals surface area contributed by atoms with Crippen molar-refractivity contribution in [3.05, 3.63) is 41.5 Å². The van der Waals surface area contributed by atoms with Crippen LogP contribution in [0, 0.1) is 5.92 Å². The molecule has 1 aromatic carbocycles. The van der Waals surface area contributed by atoms with Crippen LogP contribution in [0.5, 0.6) is 5.75 Å². The fourth-order valence-electron chi connectivity index (χ4n) is 2.96. The molecular formula is C17H23N3O2. The van der Waals surface area contributed by atoms with Crippen molar-refractivity contribution in [2.24, 2.45) is 5.92 Å². The zero-order chi connectivity index (χ0) is 15.4. The summed E-state index contributed by atoms with van der Waals surface area (Å²) in [5, 5.41) is 4.02. The van der Waals surface area contributed by atoms with Crippen molar-refractivity contribution < 1.29 is 9.26 Å². The van der Waals surface area contributed by atoms with Crippen LogP contribution in [-0.2, 0) is 19.4 Å². The van der Waals surface area contributed by atoms with Crippen molar-refractivity contribution in [1.29, 1.82) is 0 Å². The fourth-order valence-corrected chi connectivity index (χ4v) is 2.96. The highest BCUT2D eigenvalue weighted by molar-refractivity contribution is 5.34. The maximum Gasteiger partial charge on any atom is 0.226 e. The molecule has 1 atom stereocenters. The maximum absolute atomic E-state index is 5.84. The van der Waals surface area contributed by atoms with Crippen LogP contribution >= 0.6 is 0 Å². The molecule has 0 spiro atoms. The predicted octanol–water partition coefficient (Wildman–Crippen LogP) is 2.71. The SMILES string of the molecule is CCc1nc(CN(C)C[C@H]2CCOc3ccccc3C2)no1. The summed E-state index contributed by atoms with van der Waals surface area (Å²) in [6.07, 6.45) is 2.92. The average molecular weight is 301 g/mol. The molecule has 5 nitrogen and oxygen atoms in total. The monoisotopic (exact) mass is 301 g/mol. The zero-order valence-electron chi connectivity index (χ0n) is 13.3. The second-order valence-corrected chi connectivity index (χ2v) is 5.97. The molecule has 118 valence electrons. The van der Waals surface area contributed by atoms with Crippen molar-refractivity contribution >= 4 is 0 Å². The van der Waals surface area contributed by atoms with E-state index in [4.69, 9.17) is 9.26 Å². The van der Waals surface area contributed by atoms with Gasteiger partial charge < -0.3 is 9.26 Å². The van der Waals surface area contributed by atoms with Gasteiger partial charge in [-0.1, -0.05) is 30.3 Å². The van der Waals surface area contributed by atoms with Crippen LogP contribution in [0.2, 0.25) is 0 Å². The third-order valence-corrected chi connectivity index (χ3v) is 4.06. The highest BCUT2D eigenvalue weighted by Gasteiger charge is 2.19. The minimum absolute atomic E-state index is 0.589. The topological polar surface area (TPSA) is 51.4 Å². The smallest absolute Gasteiger partial charge is 0.226 e. The molecule has 0 N–H and O–H groups in total. The third-order valence-electron chi connectivity index (χ3n) is 4.06. The molecule has 0 saturated heterocycles. The quantitative estimate of drug-likeness (QED) is 0.850. The van der Waals surface area contributed by atoms with E-state index in [-0.39, 0.29) is 0 Å². The first-order valence-corrected chi connectivity index (χ1v) is 7.95. The normalized spacial score (nSPS) is 17.9. The number of fused-ring (bicyclic) bond motifs is 1. The molecule has 3 rings (SSSR count). The van der Waals surface area contributed by atoms with Crippen LogP contribution < -0.4 is 4.74 Å². The zero-order valence-corrected chi connectivity index (χ0v) is 13.3. The van der Waals surface area contributed by atoms with E-state index in [2.05, 4.69) is 40.3 Å². The second kappa shape index (κ2) is 6.92. The lowest BCUT2D eigenvalue weighted by Gasteiger charge is -2.21. The van der Waals surface area contributed by atoms with Gasteiger partial charge >= 0.3 is 0 Å². The first-order valence-electron chi connectivity index (χ1n) is 7.95. The maximum atomic E-state index is 5.84. The summed E-state index contributed by atoms with van der Waals surface area (Å²) in [6.45, 7) is 4.54. The average Bonchev–Trinajstić information content (AvgIpc) is 2.86. The summed E-state index contributed by atoms with van der Waals surface area (Å²) in [6, 6.07) is 8.35. The van der Waals surface area contributed by atoms with Gasteiger partial charge in [-0.3, -0.25) is 4.90 Å². The van der Waals surface area contributed by atoms with E-state index in [0.717, 1.165) is 50.5 Å². The van der Waals surface area contributed by atoms with E-state index in [1.165, 1.54) is 5.56 Å². The lowest BCUT2D eigenvalue weighted by Crippen LogP contribution is -2.27. The summed E-state index contributed by atoms with van der Waals surface area (Å²) >= 11 is 0. The largest absolute Gasteiger partial charge is 0.493 e. The molecule has 0 bridgehead atoms. The molecule has 5 heteroatoms. The van der Waals surface area contributed by atoms with Crippen LogP contribution in [0.4, 0.5) is 0 Å². The molecule has 2 aromatic rings. The lowest BCUT2D eigenvalue weighted by atomic mass is 9.96. The Morgan fingerprint density at radius 1 is 1.32 bits per heavy atom. The molecule has 1 aliphatic heterocycles. The van der Waals surface area contributed by atoms with Crippen LogP contribution in [0.25, 0.3) is 0 Å². The molecule has 1 aliphatic rings. The Bertz CT molecular complexity index is 611. The van der Waals surface area contributed by atoms with Gasteiger partial charge in [-0.05, 0) is 37.4 Å². The minimum Gasteiger partial charge on any atom is -0.493 e. The number of hydrogen-bond acceptors (Lipinski definition) is 5. The summed E-state index contributed by atoms with van der Waals surface area (Å²) in [5.74, 6) is 3.11. The number of nitrogens with zero attached hydrogens (tertiary/aromatic N) is 3. The number of para-hydroxylation sites is 1. The van der Waals surface area contributed by atoms with Crippen LogP contribution in [0.3, 0.4) is 0 Å². The van der Waals surface area contributed by atoms with Gasteiger partial charge in [-0.25, -0.2) is 0 Å². The molecule has 22 heavy (non-hydrogen) atoms. The Hall–Kier alpha value is -1.88. The van der Waals surface area contributed by atoms with Crippen LogP contribution in [0.15, 0.2) is 28.8 Å². The Balaban J connectivity index is 1.58. The van der Waals surface area contributed by atoms with Crippen molar-refractivity contribution in [1.82, 2.24) is 15.0 Å². The summed E-state index contributed by atoms with van der Waals surface area (Å²) in [5.41, 5.74) is 1.31. The van der Waals surface area contributed by atoms with E-state index in [0.29, 0.717) is 11.8 Å². The first-order chi connectivity index (χ1) is 10.7. The number of aromatic nitrogens is 2. The first kappa shape index (κ1) is 15.0. The highest BCUT2D eigenvalue weighted by atomic mass is 16.5. The number of aryl methyl sites for hydroxylation is 1. The summed E-state index contributed by atoms with van der Waals surface area (Å²) in [4.78, 5) is 6.64. The van der Waals surface area contributed by atoms with Gasteiger partial charge in [0.2, 0.25) is 5.89 Å².